The number of carboxylic acids is 2. The van der Waals surface area contributed by atoms with Gasteiger partial charge in [0.2, 0.25) is 47.3 Å². The van der Waals surface area contributed by atoms with E-state index in [1.165, 1.54) is 0 Å². The minimum Gasteiger partial charge on any atom is -0.481 e. The van der Waals surface area contributed by atoms with Gasteiger partial charge >= 0.3 is 11.9 Å². The number of aliphatic carboxylic acids is 2. The second kappa shape index (κ2) is 27.6. The van der Waals surface area contributed by atoms with Crippen LogP contribution in [0.2, 0.25) is 0 Å². The number of aromatic amines is 2. The number of hydrogen-bond acceptors (Lipinski definition) is 13. The number of fused-ring (bicyclic) bond motifs is 2. The zero-order valence-electron chi connectivity index (χ0n) is 40.7. The van der Waals surface area contributed by atoms with E-state index in [4.69, 9.17) is 11.5 Å². The first-order valence-corrected chi connectivity index (χ1v) is 24.7. The van der Waals surface area contributed by atoms with Crippen LogP contribution in [0.5, 0.6) is 0 Å². The zero-order valence-corrected chi connectivity index (χ0v) is 42.5. The van der Waals surface area contributed by atoms with Crippen molar-refractivity contribution in [3.8, 4) is 0 Å². The first-order valence-electron chi connectivity index (χ1n) is 23.5. The molecular weight excluding hydrogens is 987 g/mol. The summed E-state index contributed by atoms with van der Waals surface area (Å²) in [5, 5.41) is 38.4. The Balaban J connectivity index is 1.70. The Bertz CT molecular complexity index is 2640. The van der Waals surface area contributed by atoms with E-state index in [0.717, 1.165) is 10.9 Å². The van der Waals surface area contributed by atoms with Crippen LogP contribution in [-0.4, -0.2) is 139 Å². The quantitative estimate of drug-likeness (QED) is 0.0307. The third-order valence-corrected chi connectivity index (χ3v) is 12.5. The lowest BCUT2D eigenvalue weighted by Gasteiger charge is -2.29. The number of hydrogen-bond donors (Lipinski definition) is 15. The van der Waals surface area contributed by atoms with Crippen LogP contribution in [0.3, 0.4) is 0 Å². The second-order valence-electron chi connectivity index (χ2n) is 18.3. The summed E-state index contributed by atoms with van der Waals surface area (Å²) in [5.41, 5.74) is 13.7. The first kappa shape index (κ1) is 58.5. The molecule has 15 N–H and O–H groups in total. The molecule has 0 radical (unpaired) electrons. The molecule has 396 valence electrons. The maximum absolute atomic E-state index is 14.7. The lowest BCUT2D eigenvalue weighted by molar-refractivity contribution is -0.142. The van der Waals surface area contributed by atoms with Gasteiger partial charge in [-0.2, -0.15) is 25.3 Å². The molecule has 2 aromatic heterocycles. The molecule has 2 heterocycles. The Morgan fingerprint density at radius 2 is 1.00 bits per heavy atom. The van der Waals surface area contributed by atoms with Gasteiger partial charge < -0.3 is 68.9 Å². The lowest BCUT2D eigenvalue weighted by Crippen LogP contribution is -2.61. The van der Waals surface area contributed by atoms with E-state index in [2.05, 4.69) is 72.4 Å². The van der Waals surface area contributed by atoms with Crippen molar-refractivity contribution < 1.29 is 58.2 Å². The summed E-state index contributed by atoms with van der Waals surface area (Å²) < 4.78 is 0. The summed E-state index contributed by atoms with van der Waals surface area (Å²) in [7, 11) is 0. The van der Waals surface area contributed by atoms with Crippen LogP contribution in [0.4, 0.5) is 0 Å². The number of thiol groups is 2. The molecule has 0 saturated heterocycles. The average Bonchev–Trinajstić information content (AvgIpc) is 3.95. The molecular formula is C48H65N11O12S2. The molecule has 2 aromatic carbocycles. The van der Waals surface area contributed by atoms with Crippen molar-refractivity contribution in [2.45, 2.75) is 115 Å². The molecule has 23 nitrogen and oxygen atoms in total. The molecule has 0 aliphatic rings. The number of para-hydroxylation sites is 2. The van der Waals surface area contributed by atoms with E-state index in [1.807, 2.05) is 18.2 Å². The number of carboxylic acid groups (broad SMARTS) is 2. The Hall–Kier alpha value is -7.12. The highest BCUT2D eigenvalue weighted by Crippen LogP contribution is 2.22. The van der Waals surface area contributed by atoms with Gasteiger partial charge in [0.05, 0.1) is 12.5 Å². The van der Waals surface area contributed by atoms with Gasteiger partial charge in [0.25, 0.3) is 0 Å². The maximum Gasteiger partial charge on any atom is 0.327 e. The number of nitrogens with one attached hydrogen (secondary N) is 9. The van der Waals surface area contributed by atoms with Gasteiger partial charge in [-0.25, -0.2) is 4.79 Å². The molecule has 73 heavy (non-hydrogen) atoms. The molecule has 0 spiro atoms. The smallest absolute Gasteiger partial charge is 0.327 e. The Kier molecular flexibility index (Phi) is 22.1. The Morgan fingerprint density at radius 3 is 1.47 bits per heavy atom. The molecule has 4 rings (SSSR count). The molecule has 8 amide bonds. The summed E-state index contributed by atoms with van der Waals surface area (Å²) in [6.45, 7) is 6.84. The molecule has 0 saturated carbocycles. The van der Waals surface area contributed by atoms with E-state index >= 15 is 0 Å². The second-order valence-corrected chi connectivity index (χ2v) is 19.0. The van der Waals surface area contributed by atoms with Crippen molar-refractivity contribution in [1.82, 2.24) is 47.2 Å². The number of benzene rings is 2. The van der Waals surface area contributed by atoms with Crippen molar-refractivity contribution in [1.29, 1.82) is 0 Å². The van der Waals surface area contributed by atoms with Crippen LogP contribution in [-0.2, 0) is 60.8 Å². The van der Waals surface area contributed by atoms with Crippen LogP contribution < -0.4 is 48.7 Å². The van der Waals surface area contributed by atoms with E-state index < -0.39 is 133 Å². The summed E-state index contributed by atoms with van der Waals surface area (Å²) in [4.78, 5) is 139. The van der Waals surface area contributed by atoms with E-state index in [1.54, 1.807) is 70.4 Å². The SMILES string of the molecule is CC(C)C[C@H](NC(=O)[C@H](Cc1c[nH]c2ccccc12)NC(=O)[C@H](CCC(=O)O)NC(=O)[C@H](CC(N)=O)NC(=O)[C@@H](N)CS)C(=O)N[C@@H](Cc1c[nH]c2ccccc12)C(=O)N[C@H](C(=O)N[C@@H](CS)C(=O)O)C(C)C. The third-order valence-electron chi connectivity index (χ3n) is 11.7. The van der Waals surface area contributed by atoms with E-state index in [0.29, 0.717) is 22.0 Å². The van der Waals surface area contributed by atoms with Crippen molar-refractivity contribution in [2.75, 3.05) is 11.5 Å². The van der Waals surface area contributed by atoms with Gasteiger partial charge in [0, 0.05) is 65.0 Å². The highest BCUT2D eigenvalue weighted by Gasteiger charge is 2.36. The fourth-order valence-electron chi connectivity index (χ4n) is 7.80. The standard InChI is InChI=1S/C48H65N11O12S2/c1-23(2)15-33(43(65)57-35(17-26-20-52-31-12-8-6-10-28(26)31)46(68)59-40(24(3)4)47(69)58-37(22-73)48(70)71)55-44(66)34(16-25-19-51-30-11-7-5-9-27(25)30)56-42(64)32(13-14-39(61)62)53-45(67)36(18-38(50)60)54-41(63)29(49)21-72/h5-12,19-20,23-24,29,32-37,40,51-52,72-73H,13-18,21-22,49H2,1-4H3,(H2,50,60)(H,53,67)(H,54,63)(H,55,66)(H,56,64)(H,57,65)(H,58,69)(H,59,68)(H,61,62)(H,70,71)/t29-,32-,33-,34-,35-,36-,37-,40-/m0/s1. The summed E-state index contributed by atoms with van der Waals surface area (Å²) >= 11 is 7.99. The van der Waals surface area contributed by atoms with Crippen molar-refractivity contribution in [2.24, 2.45) is 23.3 Å². The molecule has 8 atom stereocenters. The molecule has 4 aromatic rings. The molecule has 25 heteroatoms. The molecule has 0 fully saturated rings. The highest BCUT2D eigenvalue weighted by molar-refractivity contribution is 7.80. The highest BCUT2D eigenvalue weighted by atomic mass is 32.1. The largest absolute Gasteiger partial charge is 0.481 e. The van der Waals surface area contributed by atoms with Gasteiger partial charge in [-0.15, -0.1) is 0 Å². The summed E-state index contributed by atoms with van der Waals surface area (Å²) in [6, 6.07) is 2.91. The molecule has 0 aliphatic heterocycles. The molecule has 0 bridgehead atoms. The van der Waals surface area contributed by atoms with E-state index in [9.17, 15) is 58.2 Å². The van der Waals surface area contributed by atoms with Crippen molar-refractivity contribution >= 4 is 106 Å². The fraction of sp³-hybridized carbons (Fsp3) is 0.458. The van der Waals surface area contributed by atoms with Crippen LogP contribution in [0.1, 0.15) is 64.5 Å². The van der Waals surface area contributed by atoms with Gasteiger partial charge in [0.15, 0.2) is 0 Å². The van der Waals surface area contributed by atoms with Crippen LogP contribution in [0, 0.1) is 11.8 Å². The topological polar surface area (TPSA) is 379 Å². The monoisotopic (exact) mass is 1050 g/mol. The zero-order chi connectivity index (χ0) is 54.1. The van der Waals surface area contributed by atoms with Gasteiger partial charge in [-0.1, -0.05) is 64.1 Å². The van der Waals surface area contributed by atoms with Crippen LogP contribution >= 0.6 is 25.3 Å². The Morgan fingerprint density at radius 1 is 0.562 bits per heavy atom. The van der Waals surface area contributed by atoms with Crippen LogP contribution in [0.25, 0.3) is 21.8 Å². The Labute approximate surface area is 431 Å². The minimum absolute atomic E-state index is 0.00518. The number of carbonyl (C=O) groups is 10. The molecule has 0 aliphatic carbocycles. The van der Waals surface area contributed by atoms with Crippen molar-refractivity contribution in [3.05, 3.63) is 72.1 Å². The third kappa shape index (κ3) is 17.3. The average molecular weight is 1050 g/mol. The number of carbonyl (C=O) groups excluding carboxylic acids is 8. The van der Waals surface area contributed by atoms with Gasteiger partial charge in [0.1, 0.15) is 42.3 Å². The summed E-state index contributed by atoms with van der Waals surface area (Å²) in [5.74, 6) is -11.2. The number of rotatable bonds is 29. The van der Waals surface area contributed by atoms with Gasteiger partial charge in [-0.3, -0.25) is 43.2 Å². The molecule has 0 unspecified atom stereocenters. The number of primary amides is 1. The predicted octanol–water partition coefficient (Wildman–Crippen LogP) is -0.458. The van der Waals surface area contributed by atoms with Crippen LogP contribution in [0.15, 0.2) is 60.9 Å². The van der Waals surface area contributed by atoms with Gasteiger partial charge in [-0.05, 0) is 47.9 Å². The normalized spacial score (nSPS) is 14.6. The maximum atomic E-state index is 14.7. The number of aromatic nitrogens is 2. The van der Waals surface area contributed by atoms with E-state index in [-0.39, 0.29) is 36.7 Å². The van der Waals surface area contributed by atoms with Crippen molar-refractivity contribution in [3.63, 3.8) is 0 Å². The number of H-pyrrole nitrogens is 2. The number of nitrogens with two attached hydrogens (primary N) is 2. The predicted molar refractivity (Wildman–Crippen MR) is 276 cm³/mol. The minimum atomic E-state index is -1.67. The lowest BCUT2D eigenvalue weighted by atomic mass is 9.98. The first-order chi connectivity index (χ1) is 34.5. The fourth-order valence-corrected chi connectivity index (χ4v) is 8.21. The summed E-state index contributed by atoms with van der Waals surface area (Å²) in [6.07, 6.45) is 1.07. The number of amides is 8.